The van der Waals surface area contributed by atoms with Crippen LogP contribution in [0.3, 0.4) is 0 Å². The third kappa shape index (κ3) is 5.08. The molecule has 176 valence electrons. The lowest BCUT2D eigenvalue weighted by Crippen LogP contribution is -2.58. The summed E-state index contributed by atoms with van der Waals surface area (Å²) in [4.78, 5) is 12.9. The van der Waals surface area contributed by atoms with Crippen LogP contribution in [0.2, 0.25) is 0 Å². The summed E-state index contributed by atoms with van der Waals surface area (Å²) in [6.45, 7) is 5.17. The standard InChI is InChI=1S/C24H31FN6O2/c1-24(2)11-19(10-18-4-3-9-31(18)24)30(14-20(33)15-32)22-21(25)13-27-23(29-22)28-17-7-5-16(12-26)6-8-17/h5-8,13,18-20,32-33H,3-4,9-11,14-15H2,1-2H3,(H,27,28,29)/t18-,19+,20?/m0/s1. The molecule has 9 heteroatoms. The van der Waals surface area contributed by atoms with Gasteiger partial charge in [-0.15, -0.1) is 0 Å². The van der Waals surface area contributed by atoms with Gasteiger partial charge in [0.05, 0.1) is 30.5 Å². The van der Waals surface area contributed by atoms with Crippen LogP contribution in [0.4, 0.5) is 21.8 Å². The third-order valence-corrected chi connectivity index (χ3v) is 6.76. The molecule has 0 saturated carbocycles. The predicted molar refractivity (Wildman–Crippen MR) is 124 cm³/mol. The predicted octanol–water partition coefficient (Wildman–Crippen LogP) is 2.80. The summed E-state index contributed by atoms with van der Waals surface area (Å²) >= 11 is 0. The minimum atomic E-state index is -1.01. The molecule has 0 bridgehead atoms. The van der Waals surface area contributed by atoms with E-state index in [1.54, 1.807) is 29.2 Å². The maximum Gasteiger partial charge on any atom is 0.229 e. The molecular weight excluding hydrogens is 423 g/mol. The van der Waals surface area contributed by atoms with Crippen LogP contribution in [0.15, 0.2) is 30.5 Å². The number of benzene rings is 1. The van der Waals surface area contributed by atoms with Crippen LogP contribution < -0.4 is 10.2 Å². The number of nitriles is 1. The second-order valence-electron chi connectivity index (χ2n) is 9.56. The van der Waals surface area contributed by atoms with E-state index in [9.17, 15) is 10.2 Å². The van der Waals surface area contributed by atoms with Gasteiger partial charge in [0.1, 0.15) is 0 Å². The second kappa shape index (κ2) is 9.59. The van der Waals surface area contributed by atoms with E-state index in [2.05, 4.69) is 40.1 Å². The number of aliphatic hydroxyl groups excluding tert-OH is 2. The van der Waals surface area contributed by atoms with Crippen LogP contribution in [0.25, 0.3) is 0 Å². The van der Waals surface area contributed by atoms with Gasteiger partial charge < -0.3 is 20.4 Å². The highest BCUT2D eigenvalue weighted by atomic mass is 19.1. The average Bonchev–Trinajstić information content (AvgIpc) is 3.29. The summed E-state index contributed by atoms with van der Waals surface area (Å²) in [5.74, 6) is -0.241. The van der Waals surface area contributed by atoms with Gasteiger partial charge in [0.25, 0.3) is 0 Å². The van der Waals surface area contributed by atoms with Crippen LogP contribution in [-0.2, 0) is 0 Å². The summed E-state index contributed by atoms with van der Waals surface area (Å²) in [6, 6.07) is 9.26. The number of rotatable bonds is 7. The van der Waals surface area contributed by atoms with Crippen molar-refractivity contribution in [3.05, 3.63) is 41.8 Å². The van der Waals surface area contributed by atoms with E-state index in [0.29, 0.717) is 17.3 Å². The molecule has 2 aromatic rings. The van der Waals surface area contributed by atoms with Gasteiger partial charge in [0, 0.05) is 29.9 Å². The largest absolute Gasteiger partial charge is 0.394 e. The highest BCUT2D eigenvalue weighted by molar-refractivity contribution is 5.57. The minimum absolute atomic E-state index is 0.0345. The Morgan fingerprint density at radius 1 is 1.36 bits per heavy atom. The smallest absolute Gasteiger partial charge is 0.229 e. The van der Waals surface area contributed by atoms with Crippen molar-refractivity contribution in [3.8, 4) is 6.07 Å². The van der Waals surface area contributed by atoms with Crippen LogP contribution in [0.1, 0.15) is 45.1 Å². The van der Waals surface area contributed by atoms with Gasteiger partial charge in [0.2, 0.25) is 5.95 Å². The fraction of sp³-hybridized carbons (Fsp3) is 0.542. The Labute approximate surface area is 193 Å². The topological polar surface area (TPSA) is 109 Å². The normalized spacial score (nSPS) is 22.9. The zero-order chi connectivity index (χ0) is 23.6. The van der Waals surface area contributed by atoms with Gasteiger partial charge in [-0.1, -0.05) is 0 Å². The number of hydrogen-bond acceptors (Lipinski definition) is 8. The van der Waals surface area contributed by atoms with Crippen molar-refractivity contribution < 1.29 is 14.6 Å². The Morgan fingerprint density at radius 2 is 2.12 bits per heavy atom. The Morgan fingerprint density at radius 3 is 2.82 bits per heavy atom. The van der Waals surface area contributed by atoms with Gasteiger partial charge >= 0.3 is 0 Å². The molecule has 0 spiro atoms. The van der Waals surface area contributed by atoms with Crippen molar-refractivity contribution in [3.63, 3.8) is 0 Å². The number of aromatic nitrogens is 2. The average molecular weight is 455 g/mol. The molecule has 2 aliphatic rings. The van der Waals surface area contributed by atoms with Crippen LogP contribution in [0.5, 0.6) is 0 Å². The first-order valence-corrected chi connectivity index (χ1v) is 11.4. The molecule has 1 aromatic carbocycles. The highest BCUT2D eigenvalue weighted by Gasteiger charge is 2.45. The number of aliphatic hydroxyl groups is 2. The molecule has 8 nitrogen and oxygen atoms in total. The van der Waals surface area contributed by atoms with Crippen molar-refractivity contribution in [2.75, 3.05) is 29.9 Å². The highest BCUT2D eigenvalue weighted by Crippen LogP contribution is 2.40. The molecule has 0 aliphatic carbocycles. The lowest BCUT2D eigenvalue weighted by atomic mass is 9.83. The first-order valence-electron chi connectivity index (χ1n) is 11.4. The fourth-order valence-corrected chi connectivity index (χ4v) is 5.28. The molecule has 2 saturated heterocycles. The van der Waals surface area contributed by atoms with E-state index in [4.69, 9.17) is 5.26 Å². The zero-order valence-electron chi connectivity index (χ0n) is 19.1. The van der Waals surface area contributed by atoms with E-state index in [0.717, 1.165) is 38.4 Å². The number of halogens is 1. The maximum atomic E-state index is 15.0. The van der Waals surface area contributed by atoms with E-state index in [1.165, 1.54) is 0 Å². The van der Waals surface area contributed by atoms with E-state index >= 15 is 4.39 Å². The second-order valence-corrected chi connectivity index (χ2v) is 9.56. The summed E-state index contributed by atoms with van der Waals surface area (Å²) < 4.78 is 15.0. The van der Waals surface area contributed by atoms with Gasteiger partial charge in [-0.3, -0.25) is 4.90 Å². The molecule has 3 heterocycles. The zero-order valence-corrected chi connectivity index (χ0v) is 19.1. The molecular formula is C24H31FN6O2. The van der Waals surface area contributed by atoms with Gasteiger partial charge in [-0.05, 0) is 70.3 Å². The fourth-order valence-electron chi connectivity index (χ4n) is 5.28. The molecule has 0 radical (unpaired) electrons. The Kier molecular flexibility index (Phi) is 6.79. The summed E-state index contributed by atoms with van der Waals surface area (Å²) in [6.07, 6.45) is 4.02. The quantitative estimate of drug-likeness (QED) is 0.586. The lowest BCUT2D eigenvalue weighted by molar-refractivity contribution is 0.0389. The molecule has 4 rings (SSSR count). The van der Waals surface area contributed by atoms with Crippen molar-refractivity contribution in [1.82, 2.24) is 14.9 Å². The molecule has 3 atom stereocenters. The molecule has 1 aromatic heterocycles. The van der Waals surface area contributed by atoms with Gasteiger partial charge in [-0.2, -0.15) is 10.2 Å². The van der Waals surface area contributed by atoms with E-state index in [1.807, 2.05) is 0 Å². The monoisotopic (exact) mass is 454 g/mol. The van der Waals surface area contributed by atoms with E-state index in [-0.39, 0.29) is 29.9 Å². The number of anilines is 3. The van der Waals surface area contributed by atoms with Crippen molar-refractivity contribution in [1.29, 1.82) is 5.26 Å². The summed E-state index contributed by atoms with van der Waals surface area (Å²) in [7, 11) is 0. The van der Waals surface area contributed by atoms with Crippen molar-refractivity contribution in [2.24, 2.45) is 0 Å². The van der Waals surface area contributed by atoms with Gasteiger partial charge in [-0.25, -0.2) is 9.37 Å². The van der Waals surface area contributed by atoms with Crippen LogP contribution in [0, 0.1) is 17.1 Å². The van der Waals surface area contributed by atoms with Crippen LogP contribution >= 0.6 is 0 Å². The Balaban J connectivity index is 1.64. The number of piperidine rings is 1. The molecule has 0 amide bonds. The first kappa shape index (κ1) is 23.4. The lowest BCUT2D eigenvalue weighted by Gasteiger charge is -2.50. The van der Waals surface area contributed by atoms with Gasteiger partial charge in [0.15, 0.2) is 11.6 Å². The molecule has 33 heavy (non-hydrogen) atoms. The summed E-state index contributed by atoms with van der Waals surface area (Å²) in [5.41, 5.74) is 1.15. The first-order chi connectivity index (χ1) is 15.8. The Hall–Kier alpha value is -2.80. The van der Waals surface area contributed by atoms with E-state index < -0.39 is 18.5 Å². The third-order valence-electron chi connectivity index (χ3n) is 6.76. The Bertz CT molecular complexity index is 1010. The number of hydrogen-bond donors (Lipinski definition) is 3. The maximum absolute atomic E-state index is 15.0. The van der Waals surface area contributed by atoms with Crippen molar-refractivity contribution >= 4 is 17.5 Å². The number of nitrogens with one attached hydrogen (secondary N) is 1. The number of nitrogens with zero attached hydrogens (tertiary/aromatic N) is 5. The molecule has 3 N–H and O–H groups in total. The SMILES string of the molecule is CC1(C)C[C@H](N(CC(O)CO)c2nc(Nc3ccc(C#N)cc3)ncc2F)C[C@@H]2CCCN21. The minimum Gasteiger partial charge on any atom is -0.394 e. The number of fused-ring (bicyclic) bond motifs is 1. The molecule has 2 aliphatic heterocycles. The molecule has 2 fully saturated rings. The summed E-state index contributed by atoms with van der Waals surface area (Å²) in [5, 5.41) is 31.8. The van der Waals surface area contributed by atoms with Crippen molar-refractivity contribution in [2.45, 2.75) is 63.3 Å². The molecule has 1 unspecified atom stereocenters. The van der Waals surface area contributed by atoms with Crippen LogP contribution in [-0.4, -0.2) is 68.5 Å².